The number of likely N-dealkylation sites (N-methyl/N-ethyl adjacent to an activating group) is 1. The average molecular weight is 646 g/mol. The Labute approximate surface area is 274 Å². The van der Waals surface area contributed by atoms with Crippen LogP contribution in [0.3, 0.4) is 0 Å². The van der Waals surface area contributed by atoms with E-state index in [1.165, 1.54) is 4.90 Å². The number of benzene rings is 2. The van der Waals surface area contributed by atoms with Crippen LogP contribution in [0, 0.1) is 24.2 Å². The molecule has 0 saturated carbocycles. The number of nitrogens with one attached hydrogen (secondary N) is 2. The monoisotopic (exact) mass is 645 g/mol. The van der Waals surface area contributed by atoms with Gasteiger partial charge in [-0.3, -0.25) is 14.7 Å². The van der Waals surface area contributed by atoms with Crippen LogP contribution in [-0.4, -0.2) is 113 Å². The number of rotatable bonds is 18. The number of ether oxygens (including phenoxy) is 6. The fourth-order valence-electron chi connectivity index (χ4n) is 4.34. The summed E-state index contributed by atoms with van der Waals surface area (Å²) in [6.45, 7) is 4.06. The molecule has 1 aliphatic rings. The summed E-state index contributed by atoms with van der Waals surface area (Å²) in [7, 11) is 1.62. The maximum atomic E-state index is 13.3. The fourth-order valence-corrected chi connectivity index (χ4v) is 4.34. The Morgan fingerprint density at radius 1 is 0.979 bits per heavy atom. The van der Waals surface area contributed by atoms with E-state index in [0.29, 0.717) is 82.1 Å². The van der Waals surface area contributed by atoms with Crippen molar-refractivity contribution in [3.8, 4) is 29.9 Å². The van der Waals surface area contributed by atoms with Crippen molar-refractivity contribution in [3.63, 3.8) is 0 Å². The van der Waals surface area contributed by atoms with Crippen molar-refractivity contribution in [1.29, 1.82) is 0 Å². The van der Waals surface area contributed by atoms with Gasteiger partial charge in [-0.05, 0) is 23.8 Å². The van der Waals surface area contributed by atoms with E-state index in [0.717, 1.165) is 5.56 Å². The molecule has 1 atom stereocenters. The smallest absolute Gasteiger partial charge is 0.291 e. The fraction of sp³-hybridized carbons (Fsp3) is 0.412. The zero-order valence-electron chi connectivity index (χ0n) is 26.4. The summed E-state index contributed by atoms with van der Waals surface area (Å²) in [6, 6.07) is 14.1. The Bertz CT molecular complexity index is 1530. The number of carbonyl (C=O) groups excluding carboxylic acids is 2. The minimum absolute atomic E-state index is 0.0469. The molecule has 13 heteroatoms. The van der Waals surface area contributed by atoms with Gasteiger partial charge in [-0.2, -0.15) is 0 Å². The third-order valence-electron chi connectivity index (χ3n) is 6.69. The van der Waals surface area contributed by atoms with Crippen molar-refractivity contribution in [3.05, 3.63) is 71.3 Å². The maximum absolute atomic E-state index is 13.3. The first-order valence-corrected chi connectivity index (χ1v) is 15.2. The second-order valence-electron chi connectivity index (χ2n) is 10.1. The molecule has 0 radical (unpaired) electrons. The van der Waals surface area contributed by atoms with Crippen LogP contribution in [0.1, 0.15) is 27.6 Å². The summed E-state index contributed by atoms with van der Waals surface area (Å²) in [4.78, 5) is 31.8. The van der Waals surface area contributed by atoms with Crippen LogP contribution >= 0.6 is 0 Å². The van der Waals surface area contributed by atoms with Gasteiger partial charge < -0.3 is 38.6 Å². The minimum Gasteiger partial charge on any atom is -0.489 e. The predicted molar refractivity (Wildman–Crippen MR) is 172 cm³/mol. The standard InChI is InChI=1S/C34H39N5O8/c1-3-13-42-15-17-44-19-21-46-22-20-45-18-16-43-14-7-10-27-11-12-30-29(23-27)39(2)34(41)28(25-47-30)35-33(40)32-36-31(37-38-32)24-26-8-5-4-6-9-26/h1,4-6,8-9,11-12,23,28H,13-22,24-25H2,2H3,(H,35,40)(H,36,37,38)/t28-/m0/s1. The lowest BCUT2D eigenvalue weighted by Gasteiger charge is -2.20. The molecule has 2 amide bonds. The van der Waals surface area contributed by atoms with Crippen molar-refractivity contribution in [1.82, 2.24) is 20.5 Å². The Balaban J connectivity index is 1.13. The number of aromatic amines is 1. The van der Waals surface area contributed by atoms with Gasteiger partial charge in [0, 0.05) is 19.0 Å². The number of aromatic nitrogens is 3. The Kier molecular flexibility index (Phi) is 14.7. The maximum Gasteiger partial charge on any atom is 0.291 e. The number of hydrogen-bond donors (Lipinski definition) is 2. The van der Waals surface area contributed by atoms with Crippen LogP contribution in [0.4, 0.5) is 5.69 Å². The molecule has 2 aromatic carbocycles. The lowest BCUT2D eigenvalue weighted by atomic mass is 10.1. The van der Waals surface area contributed by atoms with Crippen LogP contribution in [0.25, 0.3) is 0 Å². The number of H-pyrrole nitrogens is 1. The summed E-state index contributed by atoms with van der Waals surface area (Å²) in [5.41, 5.74) is 2.25. The molecular weight excluding hydrogens is 606 g/mol. The van der Waals surface area contributed by atoms with E-state index < -0.39 is 11.9 Å². The first-order valence-electron chi connectivity index (χ1n) is 15.2. The van der Waals surface area contributed by atoms with Crippen molar-refractivity contribution >= 4 is 17.5 Å². The molecule has 2 heterocycles. The van der Waals surface area contributed by atoms with E-state index in [2.05, 4.69) is 38.3 Å². The number of terminal acetylenes is 1. The highest BCUT2D eigenvalue weighted by atomic mass is 16.6. The summed E-state index contributed by atoms with van der Waals surface area (Å²) in [5.74, 6) is 8.47. The van der Waals surface area contributed by atoms with Gasteiger partial charge in [0.25, 0.3) is 11.8 Å². The minimum atomic E-state index is -0.933. The summed E-state index contributed by atoms with van der Waals surface area (Å²) in [5, 5.41) is 9.50. The number of hydrogen-bond acceptors (Lipinski definition) is 10. The average Bonchev–Trinajstić information content (AvgIpc) is 3.52. The molecule has 13 nitrogen and oxygen atoms in total. The number of amides is 2. The molecule has 0 fully saturated rings. The zero-order valence-corrected chi connectivity index (χ0v) is 26.4. The second-order valence-corrected chi connectivity index (χ2v) is 10.1. The molecule has 248 valence electrons. The predicted octanol–water partition coefficient (Wildman–Crippen LogP) is 1.62. The molecule has 3 aromatic rings. The molecule has 47 heavy (non-hydrogen) atoms. The van der Waals surface area contributed by atoms with Crippen LogP contribution in [-0.2, 0) is 34.9 Å². The van der Waals surface area contributed by atoms with E-state index in [1.807, 2.05) is 30.3 Å². The van der Waals surface area contributed by atoms with Gasteiger partial charge in [-0.1, -0.05) is 48.1 Å². The molecular formula is C34H39N5O8. The molecule has 0 spiro atoms. The largest absolute Gasteiger partial charge is 0.489 e. The van der Waals surface area contributed by atoms with E-state index in [1.54, 1.807) is 25.2 Å². The van der Waals surface area contributed by atoms with E-state index in [9.17, 15) is 9.59 Å². The van der Waals surface area contributed by atoms with E-state index >= 15 is 0 Å². The van der Waals surface area contributed by atoms with Gasteiger partial charge >= 0.3 is 0 Å². The molecule has 0 saturated heterocycles. The molecule has 0 bridgehead atoms. The van der Waals surface area contributed by atoms with E-state index in [4.69, 9.17) is 34.8 Å². The Morgan fingerprint density at radius 3 is 2.32 bits per heavy atom. The summed E-state index contributed by atoms with van der Waals surface area (Å²) in [6.07, 6.45) is 5.59. The van der Waals surface area contributed by atoms with Gasteiger partial charge in [0.05, 0.1) is 58.5 Å². The third-order valence-corrected chi connectivity index (χ3v) is 6.69. The molecule has 2 N–H and O–H groups in total. The van der Waals surface area contributed by atoms with Crippen molar-refractivity contribution in [2.45, 2.75) is 12.5 Å². The van der Waals surface area contributed by atoms with E-state index in [-0.39, 0.29) is 31.6 Å². The van der Waals surface area contributed by atoms with Gasteiger partial charge in [0.1, 0.15) is 37.4 Å². The highest BCUT2D eigenvalue weighted by Crippen LogP contribution is 2.31. The number of carbonyl (C=O) groups is 2. The van der Waals surface area contributed by atoms with Gasteiger partial charge in [-0.15, -0.1) is 11.5 Å². The highest BCUT2D eigenvalue weighted by Gasteiger charge is 2.31. The lowest BCUT2D eigenvalue weighted by Crippen LogP contribution is -2.49. The normalized spacial score (nSPS) is 13.9. The molecule has 0 aliphatic carbocycles. The van der Waals surface area contributed by atoms with Gasteiger partial charge in [0.2, 0.25) is 5.82 Å². The number of nitrogens with zero attached hydrogens (tertiary/aromatic N) is 3. The number of anilines is 1. The van der Waals surface area contributed by atoms with Gasteiger partial charge in [-0.25, -0.2) is 4.98 Å². The van der Waals surface area contributed by atoms with Crippen LogP contribution in [0.2, 0.25) is 0 Å². The molecule has 0 unspecified atom stereocenters. The second kappa shape index (κ2) is 19.7. The lowest BCUT2D eigenvalue weighted by molar-refractivity contribution is -0.120. The van der Waals surface area contributed by atoms with Gasteiger partial charge in [0.15, 0.2) is 0 Å². The zero-order chi connectivity index (χ0) is 33.1. The molecule has 1 aliphatic heterocycles. The van der Waals surface area contributed by atoms with Crippen LogP contribution < -0.4 is 15.0 Å². The van der Waals surface area contributed by atoms with Crippen molar-refractivity contribution < 1.29 is 38.0 Å². The van der Waals surface area contributed by atoms with Crippen molar-refractivity contribution in [2.24, 2.45) is 0 Å². The first-order chi connectivity index (χ1) is 23.0. The molecule has 1 aromatic heterocycles. The highest BCUT2D eigenvalue weighted by molar-refractivity contribution is 6.02. The third kappa shape index (κ3) is 11.8. The quantitative estimate of drug-likeness (QED) is 0.155. The Hall–Kier alpha value is -4.76. The number of fused-ring (bicyclic) bond motifs is 1. The summed E-state index contributed by atoms with van der Waals surface area (Å²) >= 11 is 0. The summed E-state index contributed by atoms with van der Waals surface area (Å²) < 4.78 is 32.8. The van der Waals surface area contributed by atoms with Crippen LogP contribution in [0.5, 0.6) is 5.75 Å². The Morgan fingerprint density at radius 2 is 1.64 bits per heavy atom. The topological polar surface area (TPSA) is 146 Å². The SMILES string of the molecule is C#CCOCCOCCOCCOCCOCC#Cc1ccc2c(c1)N(C)C(=O)[C@@H](NC(=O)c1n[nH]c(Cc3ccccc3)n1)CO2. The first kappa shape index (κ1) is 35.1. The van der Waals surface area contributed by atoms with Crippen LogP contribution in [0.15, 0.2) is 48.5 Å². The van der Waals surface area contributed by atoms with Crippen molar-refractivity contribution in [2.75, 3.05) is 84.6 Å². The molecule has 4 rings (SSSR count).